The Morgan fingerprint density at radius 3 is 2.60 bits per heavy atom. The number of carbonyl (C=O) groups excluding carboxylic acids is 1. The molecule has 1 amide bonds. The molecule has 1 atom stereocenters. The highest BCUT2D eigenvalue weighted by molar-refractivity contribution is 9.10. The number of ether oxygens (including phenoxy) is 1. The van der Waals surface area contributed by atoms with Crippen LogP contribution < -0.4 is 4.74 Å². The summed E-state index contributed by atoms with van der Waals surface area (Å²) in [7, 11) is 1.61. The lowest BCUT2D eigenvalue weighted by Crippen LogP contribution is -2.38. The molecule has 4 nitrogen and oxygen atoms in total. The molecule has 0 saturated heterocycles. The highest BCUT2D eigenvalue weighted by Gasteiger charge is 2.34. The van der Waals surface area contributed by atoms with Crippen LogP contribution in [-0.2, 0) is 6.54 Å². The standard InChI is InChI=1S/C20H16BrNO3/c1-25-14-8-5-12(6-9-14)11-22-19(23)15-4-2-3-13-7-10-16(21)18(17(13)15)20(22)24/h2-10,19,23H,11H2,1H3. The third-order valence-corrected chi connectivity index (χ3v) is 5.25. The summed E-state index contributed by atoms with van der Waals surface area (Å²) in [6, 6.07) is 17.0. The summed E-state index contributed by atoms with van der Waals surface area (Å²) in [6.07, 6.45) is -0.972. The number of aliphatic hydroxyl groups excluding tert-OH is 1. The molecule has 0 bridgehead atoms. The van der Waals surface area contributed by atoms with Crippen molar-refractivity contribution in [2.45, 2.75) is 12.8 Å². The van der Waals surface area contributed by atoms with E-state index in [0.29, 0.717) is 12.1 Å². The molecule has 25 heavy (non-hydrogen) atoms. The van der Waals surface area contributed by atoms with E-state index in [9.17, 15) is 9.90 Å². The fraction of sp³-hybridized carbons (Fsp3) is 0.150. The van der Waals surface area contributed by atoms with Crippen LogP contribution in [0.4, 0.5) is 0 Å². The Morgan fingerprint density at radius 2 is 1.88 bits per heavy atom. The third kappa shape index (κ3) is 2.60. The lowest BCUT2D eigenvalue weighted by atomic mass is 9.93. The minimum Gasteiger partial charge on any atom is -0.497 e. The number of aliphatic hydroxyl groups is 1. The smallest absolute Gasteiger partial charge is 0.258 e. The molecule has 1 N–H and O–H groups in total. The maximum absolute atomic E-state index is 13.1. The van der Waals surface area contributed by atoms with Crippen molar-refractivity contribution >= 4 is 32.6 Å². The largest absolute Gasteiger partial charge is 0.497 e. The zero-order valence-corrected chi connectivity index (χ0v) is 15.2. The number of hydrogen-bond acceptors (Lipinski definition) is 3. The third-order valence-electron chi connectivity index (χ3n) is 4.59. The number of rotatable bonds is 3. The summed E-state index contributed by atoms with van der Waals surface area (Å²) in [4.78, 5) is 14.6. The van der Waals surface area contributed by atoms with Crippen LogP contribution in [0.25, 0.3) is 10.8 Å². The van der Waals surface area contributed by atoms with Gasteiger partial charge in [0, 0.05) is 22.0 Å². The van der Waals surface area contributed by atoms with Gasteiger partial charge < -0.3 is 14.7 Å². The lowest BCUT2D eigenvalue weighted by molar-refractivity contribution is 0.000802. The van der Waals surface area contributed by atoms with Gasteiger partial charge in [0.25, 0.3) is 5.91 Å². The Morgan fingerprint density at radius 1 is 1.12 bits per heavy atom. The maximum atomic E-state index is 13.1. The molecule has 3 aromatic carbocycles. The SMILES string of the molecule is COc1ccc(CN2C(=O)c3c(Br)ccc4cccc(c34)C2O)cc1. The molecule has 1 aliphatic rings. The topological polar surface area (TPSA) is 49.8 Å². The van der Waals surface area contributed by atoms with Crippen LogP contribution >= 0.6 is 15.9 Å². The summed E-state index contributed by atoms with van der Waals surface area (Å²) in [5.41, 5.74) is 2.28. The highest BCUT2D eigenvalue weighted by atomic mass is 79.9. The minimum absolute atomic E-state index is 0.181. The van der Waals surface area contributed by atoms with E-state index < -0.39 is 6.23 Å². The second-order valence-corrected chi connectivity index (χ2v) is 6.88. The fourth-order valence-electron chi connectivity index (χ4n) is 3.31. The Balaban J connectivity index is 1.78. The zero-order valence-electron chi connectivity index (χ0n) is 13.6. The van der Waals surface area contributed by atoms with Gasteiger partial charge in [0.15, 0.2) is 6.23 Å². The molecular weight excluding hydrogens is 382 g/mol. The van der Waals surface area contributed by atoms with Crippen molar-refractivity contribution in [3.05, 3.63) is 75.8 Å². The van der Waals surface area contributed by atoms with Crippen molar-refractivity contribution in [1.82, 2.24) is 4.90 Å². The first-order chi connectivity index (χ1) is 12.1. The molecular formula is C20H16BrNO3. The van der Waals surface area contributed by atoms with Gasteiger partial charge in [-0.3, -0.25) is 4.79 Å². The Bertz CT molecular complexity index is 969. The van der Waals surface area contributed by atoms with Gasteiger partial charge in [-0.05, 0) is 45.1 Å². The van der Waals surface area contributed by atoms with E-state index in [-0.39, 0.29) is 5.91 Å². The number of methoxy groups -OCH3 is 1. The number of nitrogens with zero attached hydrogens (tertiary/aromatic N) is 1. The first kappa shape index (κ1) is 16.1. The maximum Gasteiger partial charge on any atom is 0.258 e. The quantitative estimate of drug-likeness (QED) is 0.718. The molecule has 0 spiro atoms. The summed E-state index contributed by atoms with van der Waals surface area (Å²) in [6.45, 7) is 0.321. The predicted molar refractivity (Wildman–Crippen MR) is 99.5 cm³/mol. The molecule has 3 aromatic rings. The highest BCUT2D eigenvalue weighted by Crippen LogP contribution is 2.39. The van der Waals surface area contributed by atoms with Crippen LogP contribution in [0.3, 0.4) is 0 Å². The zero-order chi connectivity index (χ0) is 17.6. The van der Waals surface area contributed by atoms with E-state index in [1.54, 1.807) is 7.11 Å². The fourth-order valence-corrected chi connectivity index (χ4v) is 3.81. The summed E-state index contributed by atoms with van der Waals surface area (Å²) < 4.78 is 5.91. The summed E-state index contributed by atoms with van der Waals surface area (Å²) in [5, 5.41) is 12.6. The molecule has 0 fully saturated rings. The summed E-state index contributed by atoms with van der Waals surface area (Å²) in [5.74, 6) is 0.576. The Hall–Kier alpha value is -2.37. The second kappa shape index (κ2) is 6.17. The molecule has 1 aliphatic heterocycles. The lowest BCUT2D eigenvalue weighted by Gasteiger charge is -2.34. The molecule has 4 rings (SSSR count). The van der Waals surface area contributed by atoms with Crippen LogP contribution in [0.5, 0.6) is 5.75 Å². The Labute approximate surface area is 153 Å². The van der Waals surface area contributed by atoms with E-state index >= 15 is 0 Å². The monoisotopic (exact) mass is 397 g/mol. The van der Waals surface area contributed by atoms with E-state index in [2.05, 4.69) is 15.9 Å². The van der Waals surface area contributed by atoms with Gasteiger partial charge in [-0.2, -0.15) is 0 Å². The van der Waals surface area contributed by atoms with Gasteiger partial charge in [-0.15, -0.1) is 0 Å². The molecule has 5 heteroatoms. The average molecular weight is 398 g/mol. The van der Waals surface area contributed by atoms with Crippen molar-refractivity contribution in [3.8, 4) is 5.75 Å². The second-order valence-electron chi connectivity index (χ2n) is 6.02. The van der Waals surface area contributed by atoms with Crippen molar-refractivity contribution in [1.29, 1.82) is 0 Å². The van der Waals surface area contributed by atoms with Gasteiger partial charge >= 0.3 is 0 Å². The van der Waals surface area contributed by atoms with Crippen LogP contribution in [-0.4, -0.2) is 23.0 Å². The van der Waals surface area contributed by atoms with Crippen molar-refractivity contribution in [2.24, 2.45) is 0 Å². The summed E-state index contributed by atoms with van der Waals surface area (Å²) >= 11 is 3.49. The van der Waals surface area contributed by atoms with Gasteiger partial charge in [0.05, 0.1) is 12.7 Å². The predicted octanol–water partition coefficient (Wildman–Crippen LogP) is 4.26. The molecule has 1 unspecified atom stereocenters. The number of amides is 1. The van der Waals surface area contributed by atoms with E-state index in [1.165, 1.54) is 4.90 Å². The van der Waals surface area contributed by atoms with Gasteiger partial charge in [-0.1, -0.05) is 36.4 Å². The average Bonchev–Trinajstić information content (AvgIpc) is 2.64. The Kier molecular flexibility index (Phi) is 3.98. The van der Waals surface area contributed by atoms with Crippen LogP contribution in [0.15, 0.2) is 59.1 Å². The first-order valence-electron chi connectivity index (χ1n) is 7.93. The first-order valence-corrected chi connectivity index (χ1v) is 8.72. The van der Waals surface area contributed by atoms with Crippen molar-refractivity contribution < 1.29 is 14.6 Å². The van der Waals surface area contributed by atoms with E-state index in [1.807, 2.05) is 54.6 Å². The van der Waals surface area contributed by atoms with Gasteiger partial charge in [0.2, 0.25) is 0 Å². The van der Waals surface area contributed by atoms with Crippen LogP contribution in [0, 0.1) is 0 Å². The van der Waals surface area contributed by atoms with E-state index in [0.717, 1.165) is 32.1 Å². The molecule has 0 radical (unpaired) electrons. The van der Waals surface area contributed by atoms with Crippen molar-refractivity contribution in [3.63, 3.8) is 0 Å². The molecule has 126 valence electrons. The molecule has 0 aliphatic carbocycles. The molecule has 0 saturated carbocycles. The van der Waals surface area contributed by atoms with Crippen LogP contribution in [0.2, 0.25) is 0 Å². The molecule has 0 aromatic heterocycles. The van der Waals surface area contributed by atoms with Crippen LogP contribution in [0.1, 0.15) is 27.7 Å². The van der Waals surface area contributed by atoms with Gasteiger partial charge in [0.1, 0.15) is 5.75 Å². The number of halogens is 1. The van der Waals surface area contributed by atoms with E-state index in [4.69, 9.17) is 4.74 Å². The minimum atomic E-state index is -0.972. The number of benzene rings is 3. The number of carbonyl (C=O) groups is 1. The number of hydrogen-bond donors (Lipinski definition) is 1. The van der Waals surface area contributed by atoms with Crippen molar-refractivity contribution in [2.75, 3.05) is 7.11 Å². The molecule has 1 heterocycles. The van der Waals surface area contributed by atoms with Gasteiger partial charge in [-0.25, -0.2) is 0 Å². The normalized spacial score (nSPS) is 16.4.